The van der Waals surface area contributed by atoms with Crippen LogP contribution in [0.4, 0.5) is 5.69 Å². The number of rotatable bonds is 2. The second kappa shape index (κ2) is 4.17. The van der Waals surface area contributed by atoms with Crippen molar-refractivity contribution in [3.05, 3.63) is 41.6 Å². The number of hydrogen-bond acceptors (Lipinski definition) is 3. The predicted octanol–water partition coefficient (Wildman–Crippen LogP) is 2.32. The number of hydrogen-bond donors (Lipinski definition) is 1. The summed E-state index contributed by atoms with van der Waals surface area (Å²) in [6.45, 7) is 2.40. The van der Waals surface area contributed by atoms with E-state index in [0.29, 0.717) is 13.0 Å². The number of ether oxygens (including phenoxy) is 1. The lowest BCUT2D eigenvalue weighted by Gasteiger charge is -2.07. The molecule has 0 spiro atoms. The summed E-state index contributed by atoms with van der Waals surface area (Å²) in [5.41, 5.74) is 2.62. The monoisotopic (exact) mass is 203 g/mol. The highest BCUT2D eigenvalue weighted by Gasteiger charge is 2.21. The van der Waals surface area contributed by atoms with Gasteiger partial charge in [-0.2, -0.15) is 0 Å². The van der Waals surface area contributed by atoms with Crippen molar-refractivity contribution in [1.29, 1.82) is 0 Å². The third-order valence-electron chi connectivity index (χ3n) is 2.39. The molecule has 3 nitrogen and oxygen atoms in total. The van der Waals surface area contributed by atoms with E-state index in [9.17, 15) is 4.79 Å². The number of benzene rings is 1. The Bertz CT molecular complexity index is 395. The minimum Gasteiger partial charge on any atom is -0.462 e. The number of carbonyl (C=O) groups excluding carboxylic acids is 1. The largest absolute Gasteiger partial charge is 0.462 e. The maximum absolute atomic E-state index is 11.3. The van der Waals surface area contributed by atoms with Gasteiger partial charge in [0.05, 0.1) is 12.2 Å². The van der Waals surface area contributed by atoms with Crippen molar-refractivity contribution in [3.8, 4) is 0 Å². The maximum atomic E-state index is 11.3. The molecule has 78 valence electrons. The van der Waals surface area contributed by atoms with Gasteiger partial charge in [0.15, 0.2) is 0 Å². The summed E-state index contributed by atoms with van der Waals surface area (Å²) in [6, 6.07) is 9.78. The Labute approximate surface area is 88.8 Å². The Balaban J connectivity index is 2.16. The number of carbonyl (C=O) groups is 1. The van der Waals surface area contributed by atoms with E-state index in [-0.39, 0.29) is 5.97 Å². The Kier molecular flexibility index (Phi) is 2.72. The van der Waals surface area contributed by atoms with E-state index < -0.39 is 0 Å². The molecule has 15 heavy (non-hydrogen) atoms. The van der Waals surface area contributed by atoms with Crippen LogP contribution in [-0.2, 0) is 9.53 Å². The molecular weight excluding hydrogens is 190 g/mol. The van der Waals surface area contributed by atoms with Crippen molar-refractivity contribution in [1.82, 2.24) is 0 Å². The van der Waals surface area contributed by atoms with Crippen LogP contribution in [0.1, 0.15) is 13.3 Å². The summed E-state index contributed by atoms with van der Waals surface area (Å²) >= 11 is 0. The molecule has 0 aromatic heterocycles. The first-order chi connectivity index (χ1) is 7.27. The maximum Gasteiger partial charge on any atom is 0.335 e. The van der Waals surface area contributed by atoms with Crippen LogP contribution in [-0.4, -0.2) is 12.6 Å². The molecule has 0 bridgehead atoms. The lowest BCUT2D eigenvalue weighted by molar-refractivity contribution is -0.135. The predicted molar refractivity (Wildman–Crippen MR) is 58.3 cm³/mol. The molecular formula is C12H13NO2. The Hall–Kier alpha value is -1.77. The fourth-order valence-corrected chi connectivity index (χ4v) is 1.59. The summed E-state index contributed by atoms with van der Waals surface area (Å²) in [6.07, 6.45) is 0.699. The molecule has 1 aliphatic heterocycles. The van der Waals surface area contributed by atoms with Crippen LogP contribution in [0.25, 0.3) is 0 Å². The zero-order valence-corrected chi connectivity index (χ0v) is 8.62. The molecule has 0 amide bonds. The van der Waals surface area contributed by atoms with Gasteiger partial charge in [0.25, 0.3) is 0 Å². The SMILES string of the molecule is CC(Nc1ccccc1)=C1CCOC1=O. The molecule has 0 aliphatic carbocycles. The Morgan fingerprint density at radius 2 is 2.07 bits per heavy atom. The lowest BCUT2D eigenvalue weighted by atomic mass is 10.2. The third kappa shape index (κ3) is 2.18. The minimum absolute atomic E-state index is 0.198. The molecule has 1 aliphatic rings. The molecule has 1 aromatic rings. The first kappa shape index (κ1) is 9.77. The van der Waals surface area contributed by atoms with Crippen molar-refractivity contribution >= 4 is 11.7 Å². The van der Waals surface area contributed by atoms with Gasteiger partial charge in [0.2, 0.25) is 0 Å². The number of para-hydroxylation sites is 1. The summed E-state index contributed by atoms with van der Waals surface area (Å²) < 4.78 is 4.89. The molecule has 3 heteroatoms. The topological polar surface area (TPSA) is 38.3 Å². The first-order valence-corrected chi connectivity index (χ1v) is 4.96. The normalized spacial score (nSPS) is 18.6. The Morgan fingerprint density at radius 1 is 1.33 bits per heavy atom. The second-order valence-electron chi connectivity index (χ2n) is 3.48. The van der Waals surface area contributed by atoms with Crippen LogP contribution in [0.3, 0.4) is 0 Å². The third-order valence-corrected chi connectivity index (χ3v) is 2.39. The molecule has 0 atom stereocenters. The van der Waals surface area contributed by atoms with E-state index in [1.54, 1.807) is 0 Å². The van der Waals surface area contributed by atoms with Gasteiger partial charge >= 0.3 is 5.97 Å². The molecule has 1 saturated heterocycles. The van der Waals surface area contributed by atoms with Gasteiger partial charge in [-0.1, -0.05) is 18.2 Å². The van der Waals surface area contributed by atoms with Crippen LogP contribution in [0.15, 0.2) is 41.6 Å². The highest BCUT2D eigenvalue weighted by molar-refractivity contribution is 5.91. The first-order valence-electron chi connectivity index (χ1n) is 4.96. The van der Waals surface area contributed by atoms with Crippen LogP contribution >= 0.6 is 0 Å². The Morgan fingerprint density at radius 3 is 2.67 bits per heavy atom. The summed E-state index contributed by atoms with van der Waals surface area (Å²) in [7, 11) is 0. The zero-order valence-electron chi connectivity index (χ0n) is 8.62. The molecule has 1 aromatic carbocycles. The van der Waals surface area contributed by atoms with Gasteiger partial charge < -0.3 is 10.1 Å². The fraction of sp³-hybridized carbons (Fsp3) is 0.250. The molecule has 2 rings (SSSR count). The lowest BCUT2D eigenvalue weighted by Crippen LogP contribution is -2.04. The van der Waals surface area contributed by atoms with Gasteiger partial charge in [-0.05, 0) is 19.1 Å². The van der Waals surface area contributed by atoms with E-state index in [4.69, 9.17) is 4.74 Å². The molecule has 0 radical (unpaired) electrons. The van der Waals surface area contributed by atoms with Crippen LogP contribution < -0.4 is 5.32 Å². The summed E-state index contributed by atoms with van der Waals surface area (Å²) in [5.74, 6) is -0.198. The highest BCUT2D eigenvalue weighted by Crippen LogP contribution is 2.19. The van der Waals surface area contributed by atoms with Crippen molar-refractivity contribution in [2.45, 2.75) is 13.3 Å². The second-order valence-corrected chi connectivity index (χ2v) is 3.48. The van der Waals surface area contributed by atoms with Crippen LogP contribution in [0.5, 0.6) is 0 Å². The van der Waals surface area contributed by atoms with Crippen LogP contribution in [0, 0.1) is 0 Å². The average Bonchev–Trinajstić information content (AvgIpc) is 2.66. The summed E-state index contributed by atoms with van der Waals surface area (Å²) in [4.78, 5) is 11.3. The number of anilines is 1. The van der Waals surface area contributed by atoms with Gasteiger partial charge in [0.1, 0.15) is 0 Å². The number of cyclic esters (lactones) is 1. The van der Waals surface area contributed by atoms with Gasteiger partial charge in [-0.25, -0.2) is 4.79 Å². The van der Waals surface area contributed by atoms with E-state index in [2.05, 4.69) is 5.32 Å². The molecule has 0 saturated carbocycles. The molecule has 1 heterocycles. The zero-order chi connectivity index (χ0) is 10.7. The quantitative estimate of drug-likeness (QED) is 0.592. The van der Waals surface area contributed by atoms with E-state index in [0.717, 1.165) is 17.0 Å². The van der Waals surface area contributed by atoms with Gasteiger partial charge in [-0.3, -0.25) is 0 Å². The number of esters is 1. The van der Waals surface area contributed by atoms with E-state index in [1.807, 2.05) is 37.3 Å². The number of allylic oxidation sites excluding steroid dienone is 1. The van der Waals surface area contributed by atoms with Crippen molar-refractivity contribution in [2.24, 2.45) is 0 Å². The summed E-state index contributed by atoms with van der Waals surface area (Å²) in [5, 5.41) is 3.19. The molecule has 1 fully saturated rings. The smallest absolute Gasteiger partial charge is 0.335 e. The molecule has 1 N–H and O–H groups in total. The standard InChI is InChI=1S/C12H13NO2/c1-9(11-7-8-15-12(11)14)13-10-5-3-2-4-6-10/h2-6,13H,7-8H2,1H3. The van der Waals surface area contributed by atoms with E-state index >= 15 is 0 Å². The average molecular weight is 203 g/mol. The van der Waals surface area contributed by atoms with Crippen LogP contribution in [0.2, 0.25) is 0 Å². The van der Waals surface area contributed by atoms with Crippen molar-refractivity contribution < 1.29 is 9.53 Å². The van der Waals surface area contributed by atoms with Gasteiger partial charge in [-0.15, -0.1) is 0 Å². The highest BCUT2D eigenvalue weighted by atomic mass is 16.5. The molecule has 0 unspecified atom stereocenters. The van der Waals surface area contributed by atoms with Crippen molar-refractivity contribution in [3.63, 3.8) is 0 Å². The minimum atomic E-state index is -0.198. The van der Waals surface area contributed by atoms with E-state index in [1.165, 1.54) is 0 Å². The van der Waals surface area contributed by atoms with Gasteiger partial charge in [0, 0.05) is 17.8 Å². The van der Waals surface area contributed by atoms with Crippen molar-refractivity contribution in [2.75, 3.05) is 11.9 Å². The number of nitrogens with one attached hydrogen (secondary N) is 1. The fourth-order valence-electron chi connectivity index (χ4n) is 1.59.